The molecule has 0 aliphatic rings. The number of hydrogen-bond acceptors (Lipinski definition) is 6. The lowest BCUT2D eigenvalue weighted by atomic mass is 10.1. The van der Waals surface area contributed by atoms with E-state index in [0.717, 1.165) is 74.7 Å². The largest absolute Gasteiger partial charge is 0.497 e. The second kappa shape index (κ2) is 16.3. The molecule has 0 heterocycles. The van der Waals surface area contributed by atoms with Crippen LogP contribution in [0.5, 0.6) is 11.5 Å². The van der Waals surface area contributed by atoms with Gasteiger partial charge >= 0.3 is 0 Å². The van der Waals surface area contributed by atoms with Crippen LogP contribution >= 0.6 is 0 Å². The van der Waals surface area contributed by atoms with Gasteiger partial charge in [0.05, 0.1) is 14.2 Å². The number of nitrogens with one attached hydrogen (secondary N) is 2. The average molecular weight is 499 g/mol. The van der Waals surface area contributed by atoms with Gasteiger partial charge in [0, 0.05) is 76.6 Å². The number of rotatable bonds is 17. The van der Waals surface area contributed by atoms with Crippen LogP contribution in [0.4, 0.5) is 11.4 Å². The molecular weight excluding hydrogens is 456 g/mol. The van der Waals surface area contributed by atoms with Gasteiger partial charge in [-0.15, -0.1) is 0 Å². The third-order valence-corrected chi connectivity index (χ3v) is 5.95. The number of carbonyl (C=O) groups excluding carboxylic acids is 2. The number of anilines is 2. The van der Waals surface area contributed by atoms with Crippen molar-refractivity contribution in [2.45, 2.75) is 39.5 Å². The maximum absolute atomic E-state index is 11.3. The molecule has 0 aromatic heterocycles. The van der Waals surface area contributed by atoms with Crippen molar-refractivity contribution < 1.29 is 19.1 Å². The van der Waals surface area contributed by atoms with Crippen LogP contribution in [-0.2, 0) is 9.59 Å². The summed E-state index contributed by atoms with van der Waals surface area (Å²) in [6.07, 6.45) is 4.33. The van der Waals surface area contributed by atoms with Crippen LogP contribution in [0, 0.1) is 0 Å². The number of amides is 2. The Morgan fingerprint density at radius 2 is 1.08 bits per heavy atom. The van der Waals surface area contributed by atoms with Crippen LogP contribution in [0.3, 0.4) is 0 Å². The zero-order valence-electron chi connectivity index (χ0n) is 22.2. The minimum absolute atomic E-state index is 0.0142. The lowest BCUT2D eigenvalue weighted by Crippen LogP contribution is -2.35. The highest BCUT2D eigenvalue weighted by molar-refractivity contribution is 5.73. The van der Waals surface area contributed by atoms with E-state index in [2.05, 4.69) is 32.6 Å². The molecule has 0 unspecified atom stereocenters. The normalized spacial score (nSPS) is 10.4. The van der Waals surface area contributed by atoms with Crippen molar-refractivity contribution in [1.82, 2.24) is 10.6 Å². The SMILES string of the molecule is COc1cccc(N(CCCCCCN(CCNC(C)=O)c2cccc(OC)c2)CCNC(C)=O)c1. The predicted molar refractivity (Wildman–Crippen MR) is 146 cm³/mol. The van der Waals surface area contributed by atoms with Crippen LogP contribution in [0.25, 0.3) is 0 Å². The molecule has 0 fully saturated rings. The fourth-order valence-corrected chi connectivity index (χ4v) is 4.05. The molecule has 0 aliphatic carbocycles. The van der Waals surface area contributed by atoms with Crippen LogP contribution in [-0.4, -0.2) is 65.3 Å². The van der Waals surface area contributed by atoms with Crippen molar-refractivity contribution >= 4 is 23.2 Å². The molecule has 0 bridgehead atoms. The van der Waals surface area contributed by atoms with E-state index >= 15 is 0 Å². The second-order valence-corrected chi connectivity index (χ2v) is 8.76. The topological polar surface area (TPSA) is 83.1 Å². The third-order valence-electron chi connectivity index (χ3n) is 5.95. The third kappa shape index (κ3) is 10.9. The summed E-state index contributed by atoms with van der Waals surface area (Å²) in [5.74, 6) is 1.63. The van der Waals surface area contributed by atoms with Crippen molar-refractivity contribution in [2.24, 2.45) is 0 Å². The fourth-order valence-electron chi connectivity index (χ4n) is 4.05. The summed E-state index contributed by atoms with van der Waals surface area (Å²) in [4.78, 5) is 27.2. The van der Waals surface area contributed by atoms with Gasteiger partial charge in [-0.3, -0.25) is 9.59 Å². The first kappa shape index (κ1) is 28.8. The molecule has 0 saturated heterocycles. The van der Waals surface area contributed by atoms with Crippen LogP contribution in [0.1, 0.15) is 39.5 Å². The first-order valence-corrected chi connectivity index (χ1v) is 12.7. The summed E-state index contributed by atoms with van der Waals surface area (Å²) in [6.45, 7) is 7.62. The van der Waals surface area contributed by atoms with Crippen molar-refractivity contribution in [1.29, 1.82) is 0 Å². The summed E-state index contributed by atoms with van der Waals surface area (Å²) in [5.41, 5.74) is 2.20. The monoisotopic (exact) mass is 498 g/mol. The quantitative estimate of drug-likeness (QED) is 0.323. The minimum atomic E-state index is -0.0142. The highest BCUT2D eigenvalue weighted by Crippen LogP contribution is 2.23. The summed E-state index contributed by atoms with van der Waals surface area (Å²) < 4.78 is 10.8. The summed E-state index contributed by atoms with van der Waals surface area (Å²) >= 11 is 0. The van der Waals surface area contributed by atoms with Gasteiger partial charge in [-0.1, -0.05) is 25.0 Å². The number of methoxy groups -OCH3 is 2. The van der Waals surface area contributed by atoms with Gasteiger partial charge in [0.25, 0.3) is 0 Å². The Morgan fingerprint density at radius 1 is 0.667 bits per heavy atom. The summed E-state index contributed by atoms with van der Waals surface area (Å²) in [6, 6.07) is 16.1. The average Bonchev–Trinajstić information content (AvgIpc) is 2.88. The van der Waals surface area contributed by atoms with Gasteiger partial charge in [0.1, 0.15) is 11.5 Å². The number of carbonyl (C=O) groups is 2. The highest BCUT2D eigenvalue weighted by Gasteiger charge is 2.10. The smallest absolute Gasteiger partial charge is 0.216 e. The van der Waals surface area contributed by atoms with Gasteiger partial charge in [-0.25, -0.2) is 0 Å². The molecule has 2 aromatic carbocycles. The van der Waals surface area contributed by atoms with Crippen molar-refractivity contribution in [2.75, 3.05) is 63.3 Å². The van der Waals surface area contributed by atoms with Crippen molar-refractivity contribution in [3.05, 3.63) is 48.5 Å². The Hall–Kier alpha value is -3.42. The molecule has 2 rings (SSSR count). The highest BCUT2D eigenvalue weighted by atomic mass is 16.5. The van der Waals surface area contributed by atoms with Crippen molar-refractivity contribution in [3.8, 4) is 11.5 Å². The lowest BCUT2D eigenvalue weighted by Gasteiger charge is -2.26. The van der Waals surface area contributed by atoms with E-state index < -0.39 is 0 Å². The zero-order chi connectivity index (χ0) is 26.2. The van der Waals surface area contributed by atoms with E-state index in [0.29, 0.717) is 13.1 Å². The standard InChI is InChI=1S/C28H42N4O4/c1-23(33)29-15-19-31(25-11-9-13-27(21-25)35-3)17-7-5-6-8-18-32(20-16-30-24(2)34)26-12-10-14-28(22-26)36-4/h9-14,21-22H,5-8,15-20H2,1-4H3,(H,29,33)(H,30,34). The molecule has 0 atom stereocenters. The number of unbranched alkanes of at least 4 members (excludes halogenated alkanes) is 3. The zero-order valence-corrected chi connectivity index (χ0v) is 22.2. The molecule has 2 amide bonds. The Bertz CT molecular complexity index is 862. The molecule has 36 heavy (non-hydrogen) atoms. The molecule has 8 heteroatoms. The Labute approximate surface area is 215 Å². The molecule has 2 N–H and O–H groups in total. The van der Waals surface area contributed by atoms with Crippen molar-refractivity contribution in [3.63, 3.8) is 0 Å². The summed E-state index contributed by atoms with van der Waals surface area (Å²) in [5, 5.41) is 5.78. The van der Waals surface area contributed by atoms with E-state index in [9.17, 15) is 9.59 Å². The van der Waals surface area contributed by atoms with E-state index in [1.165, 1.54) is 0 Å². The van der Waals surface area contributed by atoms with Gasteiger partial charge in [-0.05, 0) is 37.1 Å². The molecule has 0 spiro atoms. The Kier molecular flexibility index (Phi) is 13.0. The molecule has 2 aromatic rings. The van der Waals surface area contributed by atoms with Crippen LogP contribution in [0.15, 0.2) is 48.5 Å². The van der Waals surface area contributed by atoms with E-state index in [4.69, 9.17) is 9.47 Å². The maximum atomic E-state index is 11.3. The number of hydrogen-bond donors (Lipinski definition) is 2. The Balaban J connectivity index is 1.86. The Morgan fingerprint density at radius 3 is 1.44 bits per heavy atom. The predicted octanol–water partition coefficient (Wildman–Crippen LogP) is 3.85. The minimum Gasteiger partial charge on any atom is -0.497 e. The van der Waals surface area contributed by atoms with Gasteiger partial charge in [-0.2, -0.15) is 0 Å². The molecule has 8 nitrogen and oxygen atoms in total. The molecule has 0 radical (unpaired) electrons. The van der Waals surface area contributed by atoms with Crippen LogP contribution in [0.2, 0.25) is 0 Å². The molecule has 0 saturated carbocycles. The van der Waals surface area contributed by atoms with Crippen LogP contribution < -0.4 is 29.9 Å². The first-order chi connectivity index (χ1) is 17.4. The van der Waals surface area contributed by atoms with Gasteiger partial charge < -0.3 is 29.9 Å². The van der Waals surface area contributed by atoms with Gasteiger partial charge in [0.15, 0.2) is 0 Å². The lowest BCUT2D eigenvalue weighted by molar-refractivity contribution is -0.119. The maximum Gasteiger partial charge on any atom is 0.216 e. The van der Waals surface area contributed by atoms with E-state index in [-0.39, 0.29) is 11.8 Å². The second-order valence-electron chi connectivity index (χ2n) is 8.76. The van der Waals surface area contributed by atoms with E-state index in [1.54, 1.807) is 28.1 Å². The molecular formula is C28H42N4O4. The molecule has 198 valence electrons. The molecule has 0 aliphatic heterocycles. The fraction of sp³-hybridized carbons (Fsp3) is 0.500. The van der Waals surface area contributed by atoms with E-state index in [1.807, 2.05) is 36.4 Å². The number of benzene rings is 2. The number of ether oxygens (including phenoxy) is 2. The van der Waals surface area contributed by atoms with Gasteiger partial charge in [0.2, 0.25) is 11.8 Å². The number of nitrogens with zero attached hydrogens (tertiary/aromatic N) is 2. The first-order valence-electron chi connectivity index (χ1n) is 12.7. The summed E-state index contributed by atoms with van der Waals surface area (Å²) in [7, 11) is 3.34.